The molecule has 0 saturated carbocycles. The van der Waals surface area contributed by atoms with Crippen molar-refractivity contribution in [3.63, 3.8) is 0 Å². The molecule has 42 heavy (non-hydrogen) atoms. The second-order valence-electron chi connectivity index (χ2n) is 13.2. The molecular formula is C33H37As2N2OS4+. The molecule has 7 heterocycles. The van der Waals surface area contributed by atoms with Crippen LogP contribution in [0, 0.1) is 0 Å². The molecule has 218 valence electrons. The van der Waals surface area contributed by atoms with Crippen LogP contribution < -0.4 is 13.6 Å². The maximum atomic E-state index is 7.11. The molecule has 9 rings (SSSR count). The summed E-state index contributed by atoms with van der Waals surface area (Å²) >= 11 is -2.03. The van der Waals surface area contributed by atoms with Crippen molar-refractivity contribution < 1.29 is 9.31 Å². The molecule has 0 bridgehead atoms. The molecule has 2 unspecified atom stereocenters. The first-order valence-corrected chi connectivity index (χ1v) is 30.1. The Hall–Kier alpha value is -0.133. The van der Waals surface area contributed by atoms with E-state index in [2.05, 4.69) is 120 Å². The fraction of sp³-hybridized carbons (Fsp3) is 0.485. The van der Waals surface area contributed by atoms with Gasteiger partial charge in [0.2, 0.25) is 0 Å². The summed E-state index contributed by atoms with van der Waals surface area (Å²) in [4.78, 5) is 2.66. The van der Waals surface area contributed by atoms with E-state index in [-0.39, 0.29) is 23.0 Å². The molecule has 7 aliphatic rings. The van der Waals surface area contributed by atoms with Gasteiger partial charge in [0.25, 0.3) is 0 Å². The predicted octanol–water partition coefficient (Wildman–Crippen LogP) is 5.97. The predicted molar refractivity (Wildman–Crippen MR) is 190 cm³/mol. The molecule has 7 aliphatic heterocycles. The molecule has 0 amide bonds. The summed E-state index contributed by atoms with van der Waals surface area (Å²) in [6, 6.07) is 15.1. The zero-order valence-electron chi connectivity index (χ0n) is 24.7. The van der Waals surface area contributed by atoms with Crippen molar-refractivity contribution in [2.75, 3.05) is 41.0 Å². The van der Waals surface area contributed by atoms with Crippen molar-refractivity contribution in [2.24, 2.45) is 0 Å². The van der Waals surface area contributed by atoms with Crippen LogP contribution in [-0.2, 0) is 15.6 Å². The summed E-state index contributed by atoms with van der Waals surface area (Å²) in [6.07, 6.45) is 5.20. The molecule has 2 aromatic carbocycles. The van der Waals surface area contributed by atoms with Gasteiger partial charge in [0.1, 0.15) is 0 Å². The Kier molecular flexibility index (Phi) is 6.82. The van der Waals surface area contributed by atoms with E-state index in [4.69, 9.17) is 4.74 Å². The van der Waals surface area contributed by atoms with Gasteiger partial charge < -0.3 is 0 Å². The third-order valence-corrected chi connectivity index (χ3v) is 37.5. The van der Waals surface area contributed by atoms with E-state index >= 15 is 0 Å². The molecule has 0 radical (unpaired) electrons. The molecule has 0 spiro atoms. The molecule has 2 fully saturated rings. The minimum atomic E-state index is -1.02. The Bertz CT molecular complexity index is 1620. The Morgan fingerprint density at radius 3 is 2.19 bits per heavy atom. The summed E-state index contributed by atoms with van der Waals surface area (Å²) in [6.45, 7) is 12.0. The molecule has 0 aliphatic carbocycles. The number of rotatable bonds is 2. The average Bonchev–Trinajstić information content (AvgIpc) is 3.79. The zero-order chi connectivity index (χ0) is 28.4. The van der Waals surface area contributed by atoms with E-state index in [1.54, 1.807) is 8.70 Å². The van der Waals surface area contributed by atoms with Gasteiger partial charge in [-0.1, -0.05) is 0 Å². The molecule has 0 N–H and O–H groups in total. The third-order valence-electron chi connectivity index (χ3n) is 10.1. The molecule has 9 heteroatoms. The van der Waals surface area contributed by atoms with Crippen LogP contribution in [0.1, 0.15) is 51.7 Å². The van der Waals surface area contributed by atoms with Crippen LogP contribution in [0.5, 0.6) is 0 Å². The molecule has 2 saturated heterocycles. The summed E-state index contributed by atoms with van der Waals surface area (Å²) in [5.74, 6) is 5.33. The van der Waals surface area contributed by atoms with E-state index in [1.807, 2.05) is 0 Å². The van der Waals surface area contributed by atoms with Crippen LogP contribution in [0.2, 0.25) is 0 Å². The number of fused-ring (bicyclic) bond motifs is 8. The van der Waals surface area contributed by atoms with Crippen LogP contribution in [0.15, 0.2) is 59.3 Å². The second kappa shape index (κ2) is 10.2. The van der Waals surface area contributed by atoms with Gasteiger partial charge in [-0.05, 0) is 0 Å². The molecule has 0 aromatic heterocycles. The molecular weight excluding hydrogens is 718 g/mol. The SMILES string of the molecule is CC1(C)C2=C3C=C4C5=[N+](CCC4OC3CCN2c2ccc([As]3SCCS3)cc21)c1ccc([As]2SCCS2)cc1C5(C)C. The zero-order valence-corrected chi connectivity index (χ0v) is 31.7. The number of nitrogens with zero attached hydrogens (tertiary/aromatic N) is 2. The normalized spacial score (nSPS) is 29.2. The Labute approximate surface area is 272 Å². The quantitative estimate of drug-likeness (QED) is 0.276. The van der Waals surface area contributed by atoms with Crippen LogP contribution in [0.3, 0.4) is 0 Å². The Balaban J connectivity index is 1.15. The van der Waals surface area contributed by atoms with E-state index in [0.717, 1.165) is 25.9 Å². The van der Waals surface area contributed by atoms with Gasteiger partial charge in [0.05, 0.1) is 0 Å². The second-order valence-corrected chi connectivity index (χ2v) is 36.7. The maximum absolute atomic E-state index is 7.11. The first-order valence-electron chi connectivity index (χ1n) is 15.3. The number of hydrogen-bond donors (Lipinski definition) is 0. The van der Waals surface area contributed by atoms with Gasteiger partial charge in [-0.2, -0.15) is 0 Å². The van der Waals surface area contributed by atoms with Crippen molar-refractivity contribution in [3.05, 3.63) is 70.4 Å². The van der Waals surface area contributed by atoms with Crippen molar-refractivity contribution >= 4 is 90.6 Å². The van der Waals surface area contributed by atoms with Crippen molar-refractivity contribution in [3.8, 4) is 0 Å². The summed E-state index contributed by atoms with van der Waals surface area (Å²) in [5.41, 5.74) is 11.8. The minimum absolute atomic E-state index is 0.0143. The van der Waals surface area contributed by atoms with Gasteiger partial charge in [0, 0.05) is 0 Å². The number of allylic oxidation sites excluding steroid dienone is 1. The molecule has 2 atom stereocenters. The average molecular weight is 756 g/mol. The van der Waals surface area contributed by atoms with E-state index in [1.165, 1.54) is 68.1 Å². The van der Waals surface area contributed by atoms with Crippen molar-refractivity contribution in [1.29, 1.82) is 0 Å². The molecule has 2 aromatic rings. The summed E-state index contributed by atoms with van der Waals surface area (Å²) in [5, 5.41) is 0. The van der Waals surface area contributed by atoms with Gasteiger partial charge in [0.15, 0.2) is 0 Å². The Morgan fingerprint density at radius 2 is 1.48 bits per heavy atom. The fourth-order valence-corrected chi connectivity index (χ4v) is 36.6. The first-order chi connectivity index (χ1) is 20.3. The van der Waals surface area contributed by atoms with Crippen LogP contribution in [0.4, 0.5) is 11.4 Å². The summed E-state index contributed by atoms with van der Waals surface area (Å²) < 4.78 is 13.1. The van der Waals surface area contributed by atoms with Crippen LogP contribution in [-0.4, -0.2) is 83.3 Å². The van der Waals surface area contributed by atoms with Crippen LogP contribution in [0.25, 0.3) is 0 Å². The van der Waals surface area contributed by atoms with E-state index < -0.39 is 24.7 Å². The van der Waals surface area contributed by atoms with Gasteiger partial charge in [-0.25, -0.2) is 0 Å². The third kappa shape index (κ3) is 4.06. The van der Waals surface area contributed by atoms with E-state index in [0.29, 0.717) is 0 Å². The van der Waals surface area contributed by atoms with Crippen molar-refractivity contribution in [2.45, 2.75) is 63.6 Å². The van der Waals surface area contributed by atoms with Gasteiger partial charge >= 0.3 is 275 Å². The number of hydrogen-bond acceptors (Lipinski definition) is 6. The number of anilines is 1. The monoisotopic (exact) mass is 755 g/mol. The van der Waals surface area contributed by atoms with Crippen molar-refractivity contribution in [1.82, 2.24) is 0 Å². The fourth-order valence-electron chi connectivity index (χ4n) is 8.35. The van der Waals surface area contributed by atoms with Gasteiger partial charge in [-0.15, -0.1) is 0 Å². The Morgan fingerprint density at radius 1 is 0.810 bits per heavy atom. The first kappa shape index (κ1) is 28.1. The number of ether oxygens (including phenoxy) is 1. The topological polar surface area (TPSA) is 15.5 Å². The van der Waals surface area contributed by atoms with Gasteiger partial charge in [-0.3, -0.25) is 0 Å². The summed E-state index contributed by atoms with van der Waals surface area (Å²) in [7, 11) is 9.02. The number of benzene rings is 2. The van der Waals surface area contributed by atoms with Crippen LogP contribution >= 0.6 is 40.1 Å². The van der Waals surface area contributed by atoms with E-state index in [9.17, 15) is 0 Å². The standard InChI is InChI=1S/C33H37As2N2OS4/c1-32(2)24-17-20(34-39-13-14-40-34)5-7-26(24)36-11-9-28-22(30(32)36)19-23-29(38-28)10-12-37-27-8-6-21(35-41-15-16-42-35)18-25(27)33(3,4)31(23)37/h5-8,17-19,28-29H,9-16H2,1-4H3/q+1. The molecule has 3 nitrogen and oxygen atoms in total.